The van der Waals surface area contributed by atoms with Crippen LogP contribution in [0.2, 0.25) is 0 Å². The summed E-state index contributed by atoms with van der Waals surface area (Å²) in [6, 6.07) is 2.74. The van der Waals surface area contributed by atoms with Crippen molar-refractivity contribution >= 4 is 33.0 Å². The van der Waals surface area contributed by atoms with Crippen molar-refractivity contribution in [3.63, 3.8) is 0 Å². The quantitative estimate of drug-likeness (QED) is 0.762. The van der Waals surface area contributed by atoms with Crippen molar-refractivity contribution in [2.75, 3.05) is 0 Å². The molecule has 0 unspecified atom stereocenters. The van der Waals surface area contributed by atoms with Gasteiger partial charge in [-0.05, 0) is 27.4 Å². The van der Waals surface area contributed by atoms with Gasteiger partial charge in [-0.25, -0.2) is 13.2 Å². The second-order valence-corrected chi connectivity index (χ2v) is 5.39. The van der Waals surface area contributed by atoms with E-state index >= 15 is 0 Å². The molecule has 0 amide bonds. The van der Waals surface area contributed by atoms with E-state index in [-0.39, 0.29) is 6.42 Å². The van der Waals surface area contributed by atoms with Crippen molar-refractivity contribution in [1.82, 2.24) is 0 Å². The van der Waals surface area contributed by atoms with Crippen LogP contribution >= 0.6 is 27.3 Å². The highest BCUT2D eigenvalue weighted by molar-refractivity contribution is 9.10. The van der Waals surface area contributed by atoms with E-state index in [1.807, 2.05) is 0 Å². The number of benzene rings is 1. The zero-order valence-corrected chi connectivity index (χ0v) is 11.2. The van der Waals surface area contributed by atoms with Crippen LogP contribution in [0.25, 0.3) is 0 Å². The highest BCUT2D eigenvalue weighted by atomic mass is 79.9. The monoisotopic (exact) mass is 334 g/mol. The predicted molar refractivity (Wildman–Crippen MR) is 66.4 cm³/mol. The Hall–Kier alpha value is -1.14. The molecule has 1 aromatic carbocycles. The van der Waals surface area contributed by atoms with E-state index < -0.39 is 28.8 Å². The lowest BCUT2D eigenvalue weighted by molar-refractivity contribution is 0.0985. The van der Waals surface area contributed by atoms with Gasteiger partial charge < -0.3 is 0 Å². The van der Waals surface area contributed by atoms with Gasteiger partial charge in [0.1, 0.15) is 17.5 Å². The van der Waals surface area contributed by atoms with Gasteiger partial charge in [0.25, 0.3) is 0 Å². The van der Waals surface area contributed by atoms with Gasteiger partial charge in [-0.2, -0.15) is 0 Å². The molecule has 0 saturated heterocycles. The molecule has 1 nitrogen and oxygen atoms in total. The highest BCUT2D eigenvalue weighted by Crippen LogP contribution is 2.25. The van der Waals surface area contributed by atoms with Gasteiger partial charge in [0.05, 0.1) is 5.56 Å². The molecule has 0 atom stereocenters. The molecule has 18 heavy (non-hydrogen) atoms. The Morgan fingerprint density at radius 1 is 1.22 bits per heavy atom. The number of halogens is 4. The largest absolute Gasteiger partial charge is 0.294 e. The van der Waals surface area contributed by atoms with Gasteiger partial charge in [-0.15, -0.1) is 11.3 Å². The first kappa shape index (κ1) is 13.3. The lowest BCUT2D eigenvalue weighted by Crippen LogP contribution is -2.09. The summed E-state index contributed by atoms with van der Waals surface area (Å²) in [5.74, 6) is -4.11. The Labute approximate surface area is 113 Å². The molecule has 0 aliphatic rings. The first-order valence-electron chi connectivity index (χ1n) is 4.88. The first-order valence-corrected chi connectivity index (χ1v) is 6.56. The van der Waals surface area contributed by atoms with Crippen molar-refractivity contribution in [2.24, 2.45) is 0 Å². The summed E-state index contributed by atoms with van der Waals surface area (Å²) < 4.78 is 40.2. The molecular weight excluding hydrogens is 329 g/mol. The second kappa shape index (κ2) is 5.24. The summed E-state index contributed by atoms with van der Waals surface area (Å²) in [6.45, 7) is 0. The van der Waals surface area contributed by atoms with E-state index in [0.29, 0.717) is 21.5 Å². The van der Waals surface area contributed by atoms with E-state index in [1.165, 1.54) is 11.3 Å². The van der Waals surface area contributed by atoms with Crippen LogP contribution in [0, 0.1) is 17.5 Å². The van der Waals surface area contributed by atoms with Crippen molar-refractivity contribution in [1.29, 1.82) is 0 Å². The van der Waals surface area contributed by atoms with Crippen molar-refractivity contribution in [3.8, 4) is 0 Å². The minimum absolute atomic E-state index is 0.127. The van der Waals surface area contributed by atoms with Gasteiger partial charge in [-0.3, -0.25) is 4.79 Å². The Morgan fingerprint density at radius 2 is 1.83 bits per heavy atom. The van der Waals surface area contributed by atoms with E-state index in [4.69, 9.17) is 0 Å². The molecular formula is C12H6BrF3OS. The van der Waals surface area contributed by atoms with Crippen LogP contribution in [0.3, 0.4) is 0 Å². The molecule has 1 heterocycles. The van der Waals surface area contributed by atoms with E-state index in [2.05, 4.69) is 15.9 Å². The summed E-state index contributed by atoms with van der Waals surface area (Å²) in [6.07, 6.45) is -0.127. The lowest BCUT2D eigenvalue weighted by atomic mass is 10.1. The number of ketones is 1. The number of rotatable bonds is 3. The number of Topliss-reactive ketones (excluding diaryl/α,β-unsaturated/α-hetero) is 1. The average molecular weight is 335 g/mol. The second-order valence-electron chi connectivity index (χ2n) is 3.54. The third-order valence-corrected chi connectivity index (χ3v) is 4.22. The van der Waals surface area contributed by atoms with Crippen LogP contribution in [-0.2, 0) is 6.42 Å². The highest BCUT2D eigenvalue weighted by Gasteiger charge is 2.20. The third kappa shape index (κ3) is 2.64. The molecule has 94 valence electrons. The van der Waals surface area contributed by atoms with E-state index in [9.17, 15) is 18.0 Å². The fourth-order valence-electron chi connectivity index (χ4n) is 1.49. The zero-order valence-electron chi connectivity index (χ0n) is 8.84. The average Bonchev–Trinajstić information content (AvgIpc) is 2.62. The molecule has 6 heteroatoms. The van der Waals surface area contributed by atoms with Gasteiger partial charge in [-0.1, -0.05) is 0 Å². The number of thiophene rings is 1. The molecule has 1 aromatic heterocycles. The van der Waals surface area contributed by atoms with Gasteiger partial charge >= 0.3 is 0 Å². The lowest BCUT2D eigenvalue weighted by Gasteiger charge is -2.04. The van der Waals surface area contributed by atoms with Crippen molar-refractivity contribution < 1.29 is 18.0 Å². The number of hydrogen-bond acceptors (Lipinski definition) is 2. The summed E-state index contributed by atoms with van der Waals surface area (Å²) >= 11 is 4.53. The number of carbonyl (C=O) groups is 1. The van der Waals surface area contributed by atoms with Gasteiger partial charge in [0.15, 0.2) is 5.78 Å². The minimum Gasteiger partial charge on any atom is -0.294 e. The normalized spacial score (nSPS) is 10.7. The number of carbonyl (C=O) groups excluding carboxylic acids is 1. The maximum atomic E-state index is 13.4. The van der Waals surface area contributed by atoms with Crippen LogP contribution in [-0.4, -0.2) is 5.78 Å². The minimum atomic E-state index is -1.18. The molecule has 2 rings (SSSR count). The standard InChI is InChI=1S/C12H6BrF3OS/c13-7-1-2-18-11(7)5-10(17)12-8(15)3-6(14)4-9(12)16/h1-4H,5H2. The summed E-state index contributed by atoms with van der Waals surface area (Å²) in [7, 11) is 0. The Kier molecular flexibility index (Phi) is 3.87. The third-order valence-electron chi connectivity index (χ3n) is 2.30. The molecule has 0 saturated carbocycles. The number of hydrogen-bond donors (Lipinski definition) is 0. The summed E-state index contributed by atoms with van der Waals surface area (Å²) in [5, 5.41) is 1.75. The van der Waals surface area contributed by atoms with Gasteiger partial charge in [0.2, 0.25) is 0 Å². The van der Waals surface area contributed by atoms with Crippen molar-refractivity contribution in [2.45, 2.75) is 6.42 Å². The Morgan fingerprint density at radius 3 is 2.33 bits per heavy atom. The van der Waals surface area contributed by atoms with Gasteiger partial charge in [0, 0.05) is 27.9 Å². The van der Waals surface area contributed by atoms with Crippen molar-refractivity contribution in [3.05, 3.63) is 55.9 Å². The maximum absolute atomic E-state index is 13.4. The molecule has 2 aromatic rings. The van der Waals surface area contributed by atoms with Crippen LogP contribution < -0.4 is 0 Å². The SMILES string of the molecule is O=C(Cc1sccc1Br)c1c(F)cc(F)cc1F. The Bertz CT molecular complexity index is 586. The maximum Gasteiger partial charge on any atom is 0.174 e. The molecule has 0 N–H and O–H groups in total. The van der Waals surface area contributed by atoms with E-state index in [0.717, 1.165) is 0 Å². The fraction of sp³-hybridized carbons (Fsp3) is 0.0833. The van der Waals surface area contributed by atoms with E-state index in [1.54, 1.807) is 11.4 Å². The first-order chi connectivity index (χ1) is 8.49. The summed E-state index contributed by atoms with van der Waals surface area (Å²) in [4.78, 5) is 12.5. The molecule has 0 aliphatic carbocycles. The van der Waals surface area contributed by atoms with Crippen LogP contribution in [0.4, 0.5) is 13.2 Å². The molecule has 0 bridgehead atoms. The molecule has 0 radical (unpaired) electrons. The molecule has 0 spiro atoms. The van der Waals surface area contributed by atoms with Crippen LogP contribution in [0.1, 0.15) is 15.2 Å². The molecule has 0 aliphatic heterocycles. The zero-order chi connectivity index (χ0) is 13.3. The fourth-order valence-corrected chi connectivity index (χ4v) is 2.99. The van der Waals surface area contributed by atoms with Crippen LogP contribution in [0.5, 0.6) is 0 Å². The smallest absolute Gasteiger partial charge is 0.174 e. The molecule has 0 fully saturated rings. The predicted octanol–water partition coefficient (Wildman–Crippen LogP) is 4.35. The topological polar surface area (TPSA) is 17.1 Å². The Balaban J connectivity index is 2.33. The summed E-state index contributed by atoms with van der Waals surface area (Å²) in [5.41, 5.74) is -0.698. The van der Waals surface area contributed by atoms with Crippen LogP contribution in [0.15, 0.2) is 28.1 Å².